The second-order valence-electron chi connectivity index (χ2n) is 1.90. The van der Waals surface area contributed by atoms with Gasteiger partial charge in [-0.3, -0.25) is 0 Å². The van der Waals surface area contributed by atoms with Crippen LogP contribution in [-0.4, -0.2) is 6.04 Å². The zero-order valence-electron chi connectivity index (χ0n) is 5.80. The zero-order chi connectivity index (χ0) is 7.28. The van der Waals surface area contributed by atoms with Crippen LogP contribution in [0.15, 0.2) is 37.0 Å². The summed E-state index contributed by atoms with van der Waals surface area (Å²) in [6, 6.07) is 0.0560. The van der Waals surface area contributed by atoms with Crippen molar-refractivity contribution in [2.24, 2.45) is 5.73 Å². The maximum absolute atomic E-state index is 5.55. The number of nitrogens with two attached hydrogens (primary N) is 1. The molecule has 0 radical (unpaired) electrons. The molecule has 0 aromatic rings. The fourth-order valence-corrected chi connectivity index (χ4v) is 0.542. The Labute approximate surface area is 56.6 Å². The van der Waals surface area contributed by atoms with Gasteiger partial charge < -0.3 is 5.73 Å². The molecule has 0 rings (SSSR count). The van der Waals surface area contributed by atoms with E-state index >= 15 is 0 Å². The van der Waals surface area contributed by atoms with Gasteiger partial charge in [0.15, 0.2) is 0 Å². The summed E-state index contributed by atoms with van der Waals surface area (Å²) in [6.45, 7) is 9.07. The molecule has 2 N–H and O–H groups in total. The van der Waals surface area contributed by atoms with Crippen molar-refractivity contribution in [1.82, 2.24) is 0 Å². The first-order chi connectivity index (χ1) is 4.22. The van der Waals surface area contributed by atoms with Gasteiger partial charge in [0.25, 0.3) is 0 Å². The largest absolute Gasteiger partial charge is 0.324 e. The average molecular weight is 123 g/mol. The number of hydrogen-bond acceptors (Lipinski definition) is 1. The molecule has 0 heterocycles. The third-order valence-corrected chi connectivity index (χ3v) is 1.07. The lowest BCUT2D eigenvalue weighted by Gasteiger charge is -2.02. The van der Waals surface area contributed by atoms with E-state index in [-0.39, 0.29) is 6.04 Å². The molecular weight excluding hydrogens is 110 g/mol. The zero-order valence-corrected chi connectivity index (χ0v) is 5.80. The minimum atomic E-state index is 0.0560. The first-order valence-corrected chi connectivity index (χ1v) is 2.93. The Morgan fingerprint density at radius 1 is 1.56 bits per heavy atom. The first kappa shape index (κ1) is 8.18. The molecule has 9 heavy (non-hydrogen) atoms. The summed E-state index contributed by atoms with van der Waals surface area (Å²) in [7, 11) is 0. The van der Waals surface area contributed by atoms with Crippen LogP contribution in [0.5, 0.6) is 0 Å². The highest BCUT2D eigenvalue weighted by Gasteiger charge is 1.94. The molecule has 0 aliphatic carbocycles. The van der Waals surface area contributed by atoms with Gasteiger partial charge in [-0.2, -0.15) is 0 Å². The Kier molecular flexibility index (Phi) is 3.72. The minimum Gasteiger partial charge on any atom is -0.324 e. The van der Waals surface area contributed by atoms with Gasteiger partial charge in [0.2, 0.25) is 0 Å². The van der Waals surface area contributed by atoms with Crippen molar-refractivity contribution in [3.05, 3.63) is 37.0 Å². The smallest absolute Gasteiger partial charge is 0.0265 e. The standard InChI is InChI=1S/C8H13N/c1-4-6-8(5-2)7(3)9/h4-7H,1-2,9H2,3H3/b8-6+/t7-/m0/s1. The fourth-order valence-electron chi connectivity index (χ4n) is 0.542. The second-order valence-corrected chi connectivity index (χ2v) is 1.90. The quantitative estimate of drug-likeness (QED) is 0.567. The van der Waals surface area contributed by atoms with Crippen molar-refractivity contribution >= 4 is 0 Å². The molecule has 0 amide bonds. The van der Waals surface area contributed by atoms with Gasteiger partial charge >= 0.3 is 0 Å². The SMILES string of the molecule is C=C/C=C(\C=C)[C@H](C)N. The molecule has 50 valence electrons. The third kappa shape index (κ3) is 2.88. The molecule has 0 saturated heterocycles. The minimum absolute atomic E-state index is 0.0560. The van der Waals surface area contributed by atoms with Crippen molar-refractivity contribution in [1.29, 1.82) is 0 Å². The van der Waals surface area contributed by atoms with E-state index in [2.05, 4.69) is 13.2 Å². The predicted octanol–water partition coefficient (Wildman–Crippen LogP) is 1.63. The molecule has 0 spiro atoms. The van der Waals surface area contributed by atoms with Crippen LogP contribution in [0.2, 0.25) is 0 Å². The van der Waals surface area contributed by atoms with E-state index in [1.54, 1.807) is 12.2 Å². The highest BCUT2D eigenvalue weighted by molar-refractivity contribution is 5.25. The first-order valence-electron chi connectivity index (χ1n) is 2.93. The van der Waals surface area contributed by atoms with Crippen molar-refractivity contribution in [2.75, 3.05) is 0 Å². The van der Waals surface area contributed by atoms with Gasteiger partial charge in [0.05, 0.1) is 0 Å². The number of allylic oxidation sites excluding steroid dienone is 2. The van der Waals surface area contributed by atoms with E-state index in [1.807, 2.05) is 13.0 Å². The average Bonchev–Trinajstić information content (AvgIpc) is 1.82. The van der Waals surface area contributed by atoms with Gasteiger partial charge in [-0.25, -0.2) is 0 Å². The Balaban J connectivity index is 4.13. The van der Waals surface area contributed by atoms with E-state index < -0.39 is 0 Å². The highest BCUT2D eigenvalue weighted by Crippen LogP contribution is 1.99. The monoisotopic (exact) mass is 123 g/mol. The van der Waals surface area contributed by atoms with Crippen LogP contribution in [0.1, 0.15) is 6.92 Å². The molecule has 1 heteroatoms. The summed E-state index contributed by atoms with van der Waals surface area (Å²) in [4.78, 5) is 0. The molecular formula is C8H13N. The summed E-state index contributed by atoms with van der Waals surface area (Å²) >= 11 is 0. The number of hydrogen-bond donors (Lipinski definition) is 1. The van der Waals surface area contributed by atoms with Crippen LogP contribution in [0.4, 0.5) is 0 Å². The summed E-state index contributed by atoms with van der Waals surface area (Å²) < 4.78 is 0. The lowest BCUT2D eigenvalue weighted by Crippen LogP contribution is -2.16. The molecule has 1 atom stereocenters. The van der Waals surface area contributed by atoms with Gasteiger partial charge in [0, 0.05) is 6.04 Å². The van der Waals surface area contributed by atoms with E-state index in [1.165, 1.54) is 0 Å². The lowest BCUT2D eigenvalue weighted by molar-refractivity contribution is 0.886. The van der Waals surface area contributed by atoms with E-state index in [0.717, 1.165) is 5.57 Å². The Bertz CT molecular complexity index is 132. The summed E-state index contributed by atoms with van der Waals surface area (Å²) in [6.07, 6.45) is 5.31. The van der Waals surface area contributed by atoms with Crippen LogP contribution < -0.4 is 5.73 Å². The van der Waals surface area contributed by atoms with Crippen LogP contribution in [0, 0.1) is 0 Å². The third-order valence-electron chi connectivity index (χ3n) is 1.07. The maximum Gasteiger partial charge on any atom is 0.0265 e. The molecule has 0 unspecified atom stereocenters. The molecule has 0 bridgehead atoms. The Morgan fingerprint density at radius 3 is 2.22 bits per heavy atom. The normalized spacial score (nSPS) is 14.7. The van der Waals surface area contributed by atoms with Gasteiger partial charge in [-0.15, -0.1) is 0 Å². The second kappa shape index (κ2) is 4.10. The van der Waals surface area contributed by atoms with Crippen molar-refractivity contribution in [2.45, 2.75) is 13.0 Å². The molecule has 0 aliphatic heterocycles. The summed E-state index contributed by atoms with van der Waals surface area (Å²) in [5, 5.41) is 0. The van der Waals surface area contributed by atoms with Crippen LogP contribution >= 0.6 is 0 Å². The molecule has 0 aromatic carbocycles. The van der Waals surface area contributed by atoms with Crippen LogP contribution in [-0.2, 0) is 0 Å². The lowest BCUT2D eigenvalue weighted by atomic mass is 10.1. The van der Waals surface area contributed by atoms with Crippen molar-refractivity contribution < 1.29 is 0 Å². The van der Waals surface area contributed by atoms with Gasteiger partial charge in [-0.1, -0.05) is 31.4 Å². The van der Waals surface area contributed by atoms with Gasteiger partial charge in [-0.05, 0) is 12.5 Å². The highest BCUT2D eigenvalue weighted by atomic mass is 14.6. The Hall–Kier alpha value is -0.820. The van der Waals surface area contributed by atoms with Crippen molar-refractivity contribution in [3.8, 4) is 0 Å². The Morgan fingerprint density at radius 2 is 2.11 bits per heavy atom. The molecule has 0 aromatic heterocycles. The molecule has 0 fully saturated rings. The van der Waals surface area contributed by atoms with Crippen LogP contribution in [0.3, 0.4) is 0 Å². The van der Waals surface area contributed by atoms with E-state index in [4.69, 9.17) is 5.73 Å². The van der Waals surface area contributed by atoms with Crippen molar-refractivity contribution in [3.63, 3.8) is 0 Å². The molecule has 0 aliphatic rings. The molecule has 1 nitrogen and oxygen atoms in total. The molecule has 0 saturated carbocycles. The number of rotatable bonds is 3. The topological polar surface area (TPSA) is 26.0 Å². The summed E-state index contributed by atoms with van der Waals surface area (Å²) in [5.41, 5.74) is 6.56. The maximum atomic E-state index is 5.55. The predicted molar refractivity (Wildman–Crippen MR) is 42.1 cm³/mol. The van der Waals surface area contributed by atoms with E-state index in [0.29, 0.717) is 0 Å². The van der Waals surface area contributed by atoms with Crippen LogP contribution in [0.25, 0.3) is 0 Å². The van der Waals surface area contributed by atoms with E-state index in [9.17, 15) is 0 Å². The summed E-state index contributed by atoms with van der Waals surface area (Å²) in [5.74, 6) is 0. The fraction of sp³-hybridized carbons (Fsp3) is 0.250. The van der Waals surface area contributed by atoms with Gasteiger partial charge in [0.1, 0.15) is 0 Å².